The number of hydrogen-bond donors (Lipinski definition) is 1. The number of nitro groups is 1. The third-order valence-corrected chi connectivity index (χ3v) is 5.19. The number of aryl methyl sites for hydroxylation is 2. The number of anilines is 1. The molecule has 160 valence electrons. The molecule has 0 spiro atoms. The number of ether oxygens (including phenoxy) is 1. The first-order chi connectivity index (χ1) is 14.8. The molecule has 0 saturated carbocycles. The molecule has 0 aliphatic heterocycles. The molecule has 0 aliphatic rings. The third kappa shape index (κ3) is 5.48. The lowest BCUT2D eigenvalue weighted by molar-refractivity contribution is -0.385. The minimum absolute atomic E-state index is 0.00945. The fraction of sp³-hybridized carbons (Fsp3) is 0.190. The van der Waals surface area contributed by atoms with E-state index in [0.717, 1.165) is 10.5 Å². The molecule has 1 aromatic heterocycles. The second-order valence-corrected chi connectivity index (χ2v) is 7.75. The molecule has 3 aromatic rings. The number of aromatic nitrogens is 2. The summed E-state index contributed by atoms with van der Waals surface area (Å²) in [6.07, 6.45) is 0. The molecule has 9 nitrogen and oxygen atoms in total. The number of esters is 1. The highest BCUT2D eigenvalue weighted by molar-refractivity contribution is 7.99. The number of carbonyl (C=O) groups is 2. The van der Waals surface area contributed by atoms with Crippen LogP contribution in [0.3, 0.4) is 0 Å². The summed E-state index contributed by atoms with van der Waals surface area (Å²) in [5.74, 6) is -1.19. The molecular formula is C21H20N4O5S. The number of nitrogens with zero attached hydrogens (tertiary/aromatic N) is 3. The Labute approximate surface area is 182 Å². The zero-order valence-corrected chi connectivity index (χ0v) is 17.9. The molecule has 0 saturated heterocycles. The zero-order valence-electron chi connectivity index (χ0n) is 17.1. The smallest absolute Gasteiger partial charge is 0.356 e. The number of rotatable bonds is 7. The molecule has 0 radical (unpaired) electrons. The van der Waals surface area contributed by atoms with E-state index in [1.807, 2.05) is 31.2 Å². The monoisotopic (exact) mass is 440 g/mol. The fourth-order valence-corrected chi connectivity index (χ4v) is 3.64. The van der Waals surface area contributed by atoms with E-state index in [-0.39, 0.29) is 29.4 Å². The summed E-state index contributed by atoms with van der Waals surface area (Å²) in [5, 5.41) is 18.0. The molecule has 1 N–H and O–H groups in total. The van der Waals surface area contributed by atoms with Crippen LogP contribution in [0.25, 0.3) is 0 Å². The first-order valence-corrected chi connectivity index (χ1v) is 10.1. The van der Waals surface area contributed by atoms with Crippen LogP contribution in [0.5, 0.6) is 0 Å². The first kappa shape index (κ1) is 22.0. The van der Waals surface area contributed by atoms with Crippen LogP contribution in [-0.2, 0) is 11.8 Å². The summed E-state index contributed by atoms with van der Waals surface area (Å²) in [6.45, 7) is 3.84. The van der Waals surface area contributed by atoms with Crippen LogP contribution in [-0.4, -0.2) is 33.2 Å². The summed E-state index contributed by atoms with van der Waals surface area (Å²) in [6, 6.07) is 13.4. The molecule has 1 amide bonds. The van der Waals surface area contributed by atoms with Crippen molar-refractivity contribution in [2.45, 2.75) is 23.6 Å². The molecule has 0 fully saturated rings. The Hall–Kier alpha value is -3.66. The standard InChI is InChI=1S/C21H20N4O5S/c1-4-30-21(27)19-12-18(23-24(19)3)20(26)22-14-9-15(25(28)29)11-17(10-14)31-16-7-5-13(2)6-8-16/h5-12H,4H2,1-3H3,(H,22,26). The van der Waals surface area contributed by atoms with Gasteiger partial charge in [-0.1, -0.05) is 29.5 Å². The quantitative estimate of drug-likeness (QED) is 0.332. The lowest BCUT2D eigenvalue weighted by Crippen LogP contribution is -2.13. The van der Waals surface area contributed by atoms with E-state index in [0.29, 0.717) is 4.90 Å². The Balaban J connectivity index is 1.85. The maximum atomic E-state index is 12.6. The van der Waals surface area contributed by atoms with Gasteiger partial charge in [-0.2, -0.15) is 5.10 Å². The summed E-state index contributed by atoms with van der Waals surface area (Å²) < 4.78 is 6.18. The molecule has 0 aliphatic carbocycles. The molecule has 0 bridgehead atoms. The normalized spacial score (nSPS) is 10.5. The Morgan fingerprint density at radius 1 is 1.16 bits per heavy atom. The van der Waals surface area contributed by atoms with Gasteiger partial charge in [0.15, 0.2) is 5.69 Å². The number of amides is 1. The first-order valence-electron chi connectivity index (χ1n) is 9.33. The van der Waals surface area contributed by atoms with Gasteiger partial charge in [0.25, 0.3) is 11.6 Å². The van der Waals surface area contributed by atoms with Gasteiger partial charge in [-0.3, -0.25) is 19.6 Å². The average Bonchev–Trinajstić information content (AvgIpc) is 3.12. The van der Waals surface area contributed by atoms with E-state index in [4.69, 9.17) is 4.74 Å². The van der Waals surface area contributed by atoms with Gasteiger partial charge < -0.3 is 10.1 Å². The molecule has 0 atom stereocenters. The Morgan fingerprint density at radius 2 is 1.87 bits per heavy atom. The topological polar surface area (TPSA) is 116 Å². The zero-order chi connectivity index (χ0) is 22.5. The van der Waals surface area contributed by atoms with E-state index >= 15 is 0 Å². The highest BCUT2D eigenvalue weighted by atomic mass is 32.2. The van der Waals surface area contributed by atoms with Crippen molar-refractivity contribution in [2.75, 3.05) is 11.9 Å². The van der Waals surface area contributed by atoms with Crippen LogP contribution in [0.15, 0.2) is 58.3 Å². The van der Waals surface area contributed by atoms with Crippen molar-refractivity contribution in [3.05, 3.63) is 75.6 Å². The SMILES string of the molecule is CCOC(=O)c1cc(C(=O)Nc2cc(Sc3ccc(C)cc3)cc([N+](=O)[O-])c2)nn1C. The summed E-state index contributed by atoms with van der Waals surface area (Å²) in [5.41, 5.74) is 1.32. The van der Waals surface area contributed by atoms with Crippen LogP contribution >= 0.6 is 11.8 Å². The van der Waals surface area contributed by atoms with Crippen molar-refractivity contribution in [3.8, 4) is 0 Å². The molecular weight excluding hydrogens is 420 g/mol. The molecule has 3 rings (SSSR count). The van der Waals surface area contributed by atoms with Crippen molar-refractivity contribution in [3.63, 3.8) is 0 Å². The predicted molar refractivity (Wildman–Crippen MR) is 116 cm³/mol. The van der Waals surface area contributed by atoms with Gasteiger partial charge in [0.2, 0.25) is 0 Å². The summed E-state index contributed by atoms with van der Waals surface area (Å²) in [4.78, 5) is 36.9. The number of nitro benzene ring substituents is 1. The lowest BCUT2D eigenvalue weighted by atomic mass is 10.2. The van der Waals surface area contributed by atoms with Crippen LogP contribution in [0, 0.1) is 17.0 Å². The highest BCUT2D eigenvalue weighted by Gasteiger charge is 2.20. The number of non-ortho nitro benzene ring substituents is 1. The fourth-order valence-electron chi connectivity index (χ4n) is 2.73. The Bertz CT molecular complexity index is 1140. The van der Waals surface area contributed by atoms with E-state index < -0.39 is 16.8 Å². The Morgan fingerprint density at radius 3 is 2.52 bits per heavy atom. The van der Waals surface area contributed by atoms with Gasteiger partial charge in [0.1, 0.15) is 5.69 Å². The minimum Gasteiger partial charge on any atom is -0.461 e. The molecule has 31 heavy (non-hydrogen) atoms. The number of hydrogen-bond acceptors (Lipinski definition) is 7. The van der Waals surface area contributed by atoms with E-state index in [9.17, 15) is 19.7 Å². The van der Waals surface area contributed by atoms with Gasteiger partial charge >= 0.3 is 5.97 Å². The predicted octanol–water partition coefficient (Wildman–Crippen LogP) is 4.22. The van der Waals surface area contributed by atoms with Crippen molar-refractivity contribution in [2.24, 2.45) is 7.05 Å². The highest BCUT2D eigenvalue weighted by Crippen LogP contribution is 2.33. The molecule has 10 heteroatoms. The third-order valence-electron chi connectivity index (χ3n) is 4.21. The van der Waals surface area contributed by atoms with Gasteiger partial charge in [-0.25, -0.2) is 4.79 Å². The largest absolute Gasteiger partial charge is 0.461 e. The molecule has 1 heterocycles. The molecule has 0 unspecified atom stereocenters. The van der Waals surface area contributed by atoms with E-state index in [1.165, 1.54) is 41.7 Å². The van der Waals surface area contributed by atoms with Gasteiger partial charge in [-0.05, 0) is 32.0 Å². The maximum absolute atomic E-state index is 12.6. The summed E-state index contributed by atoms with van der Waals surface area (Å²) in [7, 11) is 1.52. The van der Waals surface area contributed by atoms with Gasteiger partial charge in [-0.15, -0.1) is 0 Å². The second-order valence-electron chi connectivity index (χ2n) is 6.60. The van der Waals surface area contributed by atoms with Crippen molar-refractivity contribution in [1.29, 1.82) is 0 Å². The molecule has 2 aromatic carbocycles. The van der Waals surface area contributed by atoms with Crippen LogP contribution in [0.4, 0.5) is 11.4 Å². The maximum Gasteiger partial charge on any atom is 0.356 e. The van der Waals surface area contributed by atoms with Crippen LogP contribution in [0.1, 0.15) is 33.5 Å². The minimum atomic E-state index is -0.599. The number of carbonyl (C=O) groups excluding carboxylic acids is 2. The second kappa shape index (κ2) is 9.43. The van der Waals surface area contributed by atoms with Crippen LogP contribution in [0.2, 0.25) is 0 Å². The van der Waals surface area contributed by atoms with Crippen molar-refractivity contribution < 1.29 is 19.2 Å². The van der Waals surface area contributed by atoms with E-state index in [1.54, 1.807) is 13.0 Å². The number of nitrogens with one attached hydrogen (secondary N) is 1. The van der Waals surface area contributed by atoms with Crippen LogP contribution < -0.4 is 5.32 Å². The van der Waals surface area contributed by atoms with Crippen molar-refractivity contribution >= 4 is 35.0 Å². The van der Waals surface area contributed by atoms with Gasteiger partial charge in [0, 0.05) is 40.7 Å². The van der Waals surface area contributed by atoms with E-state index in [2.05, 4.69) is 10.4 Å². The Kier molecular flexibility index (Phi) is 6.71. The number of benzene rings is 2. The summed E-state index contributed by atoms with van der Waals surface area (Å²) >= 11 is 1.34. The van der Waals surface area contributed by atoms with Gasteiger partial charge in [0.05, 0.1) is 11.5 Å². The average molecular weight is 440 g/mol. The lowest BCUT2D eigenvalue weighted by Gasteiger charge is -2.07. The van der Waals surface area contributed by atoms with Crippen molar-refractivity contribution in [1.82, 2.24) is 9.78 Å².